The van der Waals surface area contributed by atoms with Gasteiger partial charge in [-0.1, -0.05) is 0 Å². The topological polar surface area (TPSA) is 28.4 Å². The van der Waals surface area contributed by atoms with Crippen molar-refractivity contribution in [3.8, 4) is 0 Å². The van der Waals surface area contributed by atoms with Gasteiger partial charge in [-0.2, -0.15) is 0 Å². The summed E-state index contributed by atoms with van der Waals surface area (Å²) in [5.74, 6) is 0.915. The van der Waals surface area contributed by atoms with E-state index in [9.17, 15) is 0 Å². The molecule has 0 spiro atoms. The molecule has 0 aromatic carbocycles. The normalized spacial score (nSPS) is 10.9. The molecule has 0 atom stereocenters. The predicted molar refractivity (Wildman–Crippen MR) is 46.9 cm³/mol. The fourth-order valence-electron chi connectivity index (χ4n) is 0.681. The minimum absolute atomic E-state index is 0.709. The number of hydrazine groups is 1. The zero-order valence-corrected chi connectivity index (χ0v) is 8.18. The van der Waals surface area contributed by atoms with Gasteiger partial charge in [0.25, 0.3) is 0 Å². The maximum absolute atomic E-state index is 5.18. The number of nitrogens with one attached hydrogen (secondary N) is 1. The van der Waals surface area contributed by atoms with Crippen molar-refractivity contribution < 1.29 is 4.42 Å². The van der Waals surface area contributed by atoms with Gasteiger partial charge >= 0.3 is 0 Å². The van der Waals surface area contributed by atoms with Crippen molar-refractivity contribution in [2.45, 2.75) is 6.54 Å². The Labute approximate surface area is 74.5 Å². The lowest BCUT2D eigenvalue weighted by Gasteiger charge is -2.09. The summed E-state index contributed by atoms with van der Waals surface area (Å²) in [4.78, 5) is 0. The smallest absolute Gasteiger partial charge is 0.133 e. The number of rotatable bonds is 3. The van der Waals surface area contributed by atoms with Gasteiger partial charge < -0.3 is 4.42 Å². The Bertz CT molecular complexity index is 222. The van der Waals surface area contributed by atoms with Gasteiger partial charge in [0.05, 0.1) is 17.3 Å². The largest absolute Gasteiger partial charge is 0.467 e. The van der Waals surface area contributed by atoms with Gasteiger partial charge in [0.2, 0.25) is 0 Å². The monoisotopic (exact) mass is 218 g/mol. The van der Waals surface area contributed by atoms with E-state index in [0.717, 1.165) is 10.2 Å². The van der Waals surface area contributed by atoms with Gasteiger partial charge in [-0.15, -0.1) is 0 Å². The van der Waals surface area contributed by atoms with E-state index >= 15 is 0 Å². The molecule has 1 heterocycles. The van der Waals surface area contributed by atoms with Crippen LogP contribution < -0.4 is 5.43 Å². The lowest BCUT2D eigenvalue weighted by Crippen LogP contribution is -2.29. The molecule has 4 heteroatoms. The molecule has 0 saturated heterocycles. The highest BCUT2D eigenvalue weighted by Gasteiger charge is 2.01. The van der Waals surface area contributed by atoms with E-state index in [1.807, 2.05) is 25.2 Å². The Kier molecular flexibility index (Phi) is 3.11. The first-order chi connectivity index (χ1) is 5.20. The molecule has 0 fully saturated rings. The Hall–Kier alpha value is -0.320. The number of nitrogens with zero attached hydrogens (tertiary/aromatic N) is 1. The highest BCUT2D eigenvalue weighted by molar-refractivity contribution is 9.10. The van der Waals surface area contributed by atoms with Crippen LogP contribution in [0.4, 0.5) is 0 Å². The summed E-state index contributed by atoms with van der Waals surface area (Å²) in [7, 11) is 3.88. The van der Waals surface area contributed by atoms with Crippen LogP contribution in [0, 0.1) is 0 Å². The lowest BCUT2D eigenvalue weighted by molar-refractivity contribution is 0.271. The zero-order valence-electron chi connectivity index (χ0n) is 6.60. The molecule has 0 bridgehead atoms. The standard InChI is InChI=1S/C7H11BrN2O/c1-10(2)9-5-7-6(8)3-4-11-7/h3-4,9H,5H2,1-2H3. The lowest BCUT2D eigenvalue weighted by atomic mass is 10.4. The highest BCUT2D eigenvalue weighted by atomic mass is 79.9. The van der Waals surface area contributed by atoms with Crippen LogP contribution in [0.2, 0.25) is 0 Å². The number of halogens is 1. The summed E-state index contributed by atoms with van der Waals surface area (Å²) in [6.45, 7) is 0.709. The zero-order chi connectivity index (χ0) is 8.27. The second-order valence-electron chi connectivity index (χ2n) is 2.42. The molecule has 0 unspecified atom stereocenters. The second kappa shape index (κ2) is 3.90. The van der Waals surface area contributed by atoms with Crippen molar-refractivity contribution >= 4 is 15.9 Å². The molecule has 1 aromatic rings. The number of hydrogen-bond donors (Lipinski definition) is 1. The van der Waals surface area contributed by atoms with Crippen LogP contribution in [-0.4, -0.2) is 19.1 Å². The molecular weight excluding hydrogens is 208 g/mol. The van der Waals surface area contributed by atoms with Crippen LogP contribution >= 0.6 is 15.9 Å². The van der Waals surface area contributed by atoms with Crippen molar-refractivity contribution in [1.29, 1.82) is 0 Å². The quantitative estimate of drug-likeness (QED) is 0.783. The molecular formula is C7H11BrN2O. The average Bonchev–Trinajstić information content (AvgIpc) is 2.31. The van der Waals surface area contributed by atoms with Crippen molar-refractivity contribution in [2.24, 2.45) is 0 Å². The molecule has 0 aliphatic heterocycles. The molecule has 0 radical (unpaired) electrons. The van der Waals surface area contributed by atoms with Crippen molar-refractivity contribution in [3.63, 3.8) is 0 Å². The van der Waals surface area contributed by atoms with Crippen LogP contribution in [0.25, 0.3) is 0 Å². The van der Waals surface area contributed by atoms with Crippen molar-refractivity contribution in [3.05, 3.63) is 22.6 Å². The summed E-state index contributed by atoms with van der Waals surface area (Å²) in [5, 5.41) is 1.88. The Balaban J connectivity index is 2.44. The molecule has 0 saturated carbocycles. The molecule has 1 rings (SSSR count). The van der Waals surface area contributed by atoms with Crippen molar-refractivity contribution in [2.75, 3.05) is 14.1 Å². The van der Waals surface area contributed by atoms with Gasteiger partial charge in [-0.25, -0.2) is 5.43 Å². The Morgan fingerprint density at radius 2 is 2.36 bits per heavy atom. The molecule has 11 heavy (non-hydrogen) atoms. The molecule has 1 N–H and O–H groups in total. The highest BCUT2D eigenvalue weighted by Crippen LogP contribution is 2.16. The van der Waals surface area contributed by atoms with Crippen molar-refractivity contribution in [1.82, 2.24) is 10.4 Å². The first-order valence-electron chi connectivity index (χ1n) is 3.33. The molecule has 0 amide bonds. The number of hydrogen-bond acceptors (Lipinski definition) is 3. The molecule has 62 valence electrons. The minimum Gasteiger partial charge on any atom is -0.467 e. The third-order valence-corrected chi connectivity index (χ3v) is 1.95. The van der Waals surface area contributed by atoms with E-state index in [-0.39, 0.29) is 0 Å². The van der Waals surface area contributed by atoms with Gasteiger partial charge in [0.15, 0.2) is 0 Å². The van der Waals surface area contributed by atoms with Gasteiger partial charge in [0.1, 0.15) is 5.76 Å². The van der Waals surface area contributed by atoms with Crippen LogP contribution in [0.15, 0.2) is 21.2 Å². The summed E-state index contributed by atoms with van der Waals surface area (Å²) < 4.78 is 6.18. The minimum atomic E-state index is 0.709. The molecule has 0 aliphatic carbocycles. The second-order valence-corrected chi connectivity index (χ2v) is 3.28. The average molecular weight is 219 g/mol. The van der Waals surface area contributed by atoms with E-state index in [1.165, 1.54) is 0 Å². The third-order valence-electron chi connectivity index (χ3n) is 1.25. The van der Waals surface area contributed by atoms with Crippen LogP contribution in [0.1, 0.15) is 5.76 Å². The van der Waals surface area contributed by atoms with Gasteiger partial charge in [-0.3, -0.25) is 5.01 Å². The van der Waals surface area contributed by atoms with Crippen LogP contribution in [0.5, 0.6) is 0 Å². The van der Waals surface area contributed by atoms with E-state index in [2.05, 4.69) is 21.4 Å². The summed E-state index contributed by atoms with van der Waals surface area (Å²) in [5.41, 5.74) is 3.10. The van der Waals surface area contributed by atoms with Crippen LogP contribution in [0.3, 0.4) is 0 Å². The summed E-state index contributed by atoms with van der Waals surface area (Å²) in [6, 6.07) is 1.88. The predicted octanol–water partition coefficient (Wildman–Crippen LogP) is 1.61. The fraction of sp³-hybridized carbons (Fsp3) is 0.429. The molecule has 3 nitrogen and oxygen atoms in total. The summed E-state index contributed by atoms with van der Waals surface area (Å²) >= 11 is 3.36. The first-order valence-corrected chi connectivity index (χ1v) is 4.12. The first kappa shape index (κ1) is 8.77. The Morgan fingerprint density at radius 1 is 1.64 bits per heavy atom. The molecule has 0 aliphatic rings. The maximum atomic E-state index is 5.18. The fourth-order valence-corrected chi connectivity index (χ4v) is 1.02. The van der Waals surface area contributed by atoms with Gasteiger partial charge in [0, 0.05) is 14.1 Å². The summed E-state index contributed by atoms with van der Waals surface area (Å²) in [6.07, 6.45) is 1.66. The van der Waals surface area contributed by atoms with E-state index < -0.39 is 0 Å². The van der Waals surface area contributed by atoms with E-state index in [4.69, 9.17) is 4.42 Å². The van der Waals surface area contributed by atoms with E-state index in [0.29, 0.717) is 6.54 Å². The van der Waals surface area contributed by atoms with Crippen LogP contribution in [-0.2, 0) is 6.54 Å². The molecule has 1 aromatic heterocycles. The SMILES string of the molecule is CN(C)NCc1occc1Br. The maximum Gasteiger partial charge on any atom is 0.133 e. The van der Waals surface area contributed by atoms with E-state index in [1.54, 1.807) is 6.26 Å². The van der Waals surface area contributed by atoms with Gasteiger partial charge in [-0.05, 0) is 22.0 Å². The number of furan rings is 1. The Morgan fingerprint density at radius 3 is 2.82 bits per heavy atom. The third kappa shape index (κ3) is 2.65.